The minimum atomic E-state index is -0.627. The lowest BCUT2D eigenvalue weighted by molar-refractivity contribution is 0.209. The molecule has 0 aromatic heterocycles. The summed E-state index contributed by atoms with van der Waals surface area (Å²) >= 11 is 0. The van der Waals surface area contributed by atoms with Crippen molar-refractivity contribution >= 4 is 0 Å². The van der Waals surface area contributed by atoms with Crippen molar-refractivity contribution < 1.29 is 4.39 Å². The third kappa shape index (κ3) is 1.94. The highest BCUT2D eigenvalue weighted by Crippen LogP contribution is 2.15. The fourth-order valence-electron chi connectivity index (χ4n) is 1.27. The Morgan fingerprint density at radius 3 is 2.78 bits per heavy atom. The van der Waals surface area contributed by atoms with E-state index in [1.54, 1.807) is 6.92 Å². The van der Waals surface area contributed by atoms with Gasteiger partial charge in [-0.05, 0) is 26.3 Å². The zero-order valence-corrected chi connectivity index (χ0v) is 5.86. The molecule has 0 amide bonds. The van der Waals surface area contributed by atoms with E-state index in [2.05, 4.69) is 5.32 Å². The molecule has 2 heteroatoms. The minimum Gasteiger partial charge on any atom is -0.316 e. The van der Waals surface area contributed by atoms with Gasteiger partial charge in [0.15, 0.2) is 0 Å². The molecule has 0 saturated carbocycles. The Kier molecular flexibility index (Phi) is 2.46. The van der Waals surface area contributed by atoms with Gasteiger partial charge < -0.3 is 5.32 Å². The van der Waals surface area contributed by atoms with Crippen molar-refractivity contribution in [2.45, 2.75) is 25.9 Å². The molecule has 0 unspecified atom stereocenters. The smallest absolute Gasteiger partial charge is 0.101 e. The van der Waals surface area contributed by atoms with E-state index in [-0.39, 0.29) is 5.92 Å². The maximum absolute atomic E-state index is 12.5. The molecule has 0 spiro atoms. The number of hydrogen-bond acceptors (Lipinski definition) is 1. The second-order valence-corrected chi connectivity index (χ2v) is 2.78. The molecule has 1 heterocycles. The zero-order valence-electron chi connectivity index (χ0n) is 5.86. The average Bonchev–Trinajstić information content (AvgIpc) is 1.90. The number of halogens is 1. The van der Waals surface area contributed by atoms with E-state index >= 15 is 0 Å². The Balaban J connectivity index is 2.23. The first-order valence-corrected chi connectivity index (χ1v) is 3.65. The van der Waals surface area contributed by atoms with Crippen LogP contribution in [0.2, 0.25) is 0 Å². The highest BCUT2D eigenvalue weighted by Gasteiger charge is 2.18. The molecule has 0 radical (unpaired) electrons. The normalized spacial score (nSPS) is 32.0. The van der Waals surface area contributed by atoms with E-state index in [0.717, 1.165) is 25.9 Å². The molecule has 1 rings (SSSR count). The molecule has 1 aliphatic rings. The third-order valence-electron chi connectivity index (χ3n) is 1.98. The fraction of sp³-hybridized carbons (Fsp3) is 1.00. The molecule has 1 fully saturated rings. The van der Waals surface area contributed by atoms with Crippen LogP contribution in [0.1, 0.15) is 19.8 Å². The lowest BCUT2D eigenvalue weighted by atomic mass is 9.96. The van der Waals surface area contributed by atoms with E-state index in [9.17, 15) is 4.39 Å². The van der Waals surface area contributed by atoms with Crippen LogP contribution in [0.25, 0.3) is 0 Å². The lowest BCUT2D eigenvalue weighted by Gasteiger charge is -2.23. The standard InChI is InChI=1S/C7H14FN/c1-6(8)7-3-2-4-9-5-7/h6-7,9H,2-5H2,1H3/t6-,7-/m0/s1. The van der Waals surface area contributed by atoms with Crippen molar-refractivity contribution in [3.05, 3.63) is 0 Å². The molecule has 0 bridgehead atoms. The van der Waals surface area contributed by atoms with Crippen LogP contribution in [-0.2, 0) is 0 Å². The summed E-state index contributed by atoms with van der Waals surface area (Å²) in [6, 6.07) is 0. The van der Waals surface area contributed by atoms with Crippen molar-refractivity contribution in [1.82, 2.24) is 5.32 Å². The van der Waals surface area contributed by atoms with E-state index in [4.69, 9.17) is 0 Å². The van der Waals surface area contributed by atoms with Gasteiger partial charge in [0.2, 0.25) is 0 Å². The largest absolute Gasteiger partial charge is 0.316 e. The van der Waals surface area contributed by atoms with Crippen LogP contribution < -0.4 is 5.32 Å². The van der Waals surface area contributed by atoms with Gasteiger partial charge in [-0.1, -0.05) is 0 Å². The quantitative estimate of drug-likeness (QED) is 0.566. The summed E-state index contributed by atoms with van der Waals surface area (Å²) in [6.45, 7) is 3.60. The topological polar surface area (TPSA) is 12.0 Å². The highest BCUT2D eigenvalue weighted by molar-refractivity contribution is 4.72. The van der Waals surface area contributed by atoms with Gasteiger partial charge in [0.1, 0.15) is 6.17 Å². The predicted molar refractivity (Wildman–Crippen MR) is 36.2 cm³/mol. The van der Waals surface area contributed by atoms with Crippen molar-refractivity contribution in [3.8, 4) is 0 Å². The van der Waals surface area contributed by atoms with Crippen molar-refractivity contribution in [3.63, 3.8) is 0 Å². The molecule has 1 nitrogen and oxygen atoms in total. The SMILES string of the molecule is C[C@H](F)[C@H]1CCCNC1. The molecule has 54 valence electrons. The van der Waals surface area contributed by atoms with E-state index < -0.39 is 6.17 Å². The molecule has 2 atom stereocenters. The lowest BCUT2D eigenvalue weighted by Crippen LogP contribution is -2.33. The maximum atomic E-state index is 12.5. The first-order valence-electron chi connectivity index (χ1n) is 3.65. The summed E-state index contributed by atoms with van der Waals surface area (Å²) in [4.78, 5) is 0. The monoisotopic (exact) mass is 131 g/mol. The Bertz CT molecular complexity index is 77.0. The van der Waals surface area contributed by atoms with Gasteiger partial charge in [0, 0.05) is 12.5 Å². The molecular weight excluding hydrogens is 117 g/mol. The minimum absolute atomic E-state index is 0.277. The summed E-state index contributed by atoms with van der Waals surface area (Å²) < 4.78 is 12.5. The Morgan fingerprint density at radius 2 is 2.44 bits per heavy atom. The first-order chi connectivity index (χ1) is 4.30. The van der Waals surface area contributed by atoms with Gasteiger partial charge in [-0.25, -0.2) is 4.39 Å². The number of nitrogens with one attached hydrogen (secondary N) is 1. The molecule has 0 aromatic rings. The highest BCUT2D eigenvalue weighted by atomic mass is 19.1. The Hall–Kier alpha value is -0.110. The molecule has 0 aromatic carbocycles. The first kappa shape index (κ1) is 7.00. The van der Waals surface area contributed by atoms with Gasteiger partial charge >= 0.3 is 0 Å². The molecule has 1 saturated heterocycles. The van der Waals surface area contributed by atoms with Crippen LogP contribution in [0.4, 0.5) is 4.39 Å². The summed E-state index contributed by atoms with van der Waals surface area (Å²) in [7, 11) is 0. The van der Waals surface area contributed by atoms with Crippen LogP contribution in [0.5, 0.6) is 0 Å². The summed E-state index contributed by atoms with van der Waals surface area (Å²) in [5.41, 5.74) is 0. The van der Waals surface area contributed by atoms with Crippen LogP contribution in [-0.4, -0.2) is 19.3 Å². The van der Waals surface area contributed by atoms with Crippen molar-refractivity contribution in [2.75, 3.05) is 13.1 Å². The van der Waals surface area contributed by atoms with Gasteiger partial charge in [0.25, 0.3) is 0 Å². The molecule has 0 aliphatic carbocycles. The molecule has 1 aliphatic heterocycles. The van der Waals surface area contributed by atoms with Crippen LogP contribution in [0.15, 0.2) is 0 Å². The van der Waals surface area contributed by atoms with Crippen molar-refractivity contribution in [2.24, 2.45) is 5.92 Å². The predicted octanol–water partition coefficient (Wildman–Crippen LogP) is 1.34. The zero-order chi connectivity index (χ0) is 6.69. The van der Waals surface area contributed by atoms with Crippen LogP contribution >= 0.6 is 0 Å². The van der Waals surface area contributed by atoms with Gasteiger partial charge in [-0.2, -0.15) is 0 Å². The summed E-state index contributed by atoms with van der Waals surface area (Å²) in [5, 5.41) is 3.18. The van der Waals surface area contributed by atoms with Gasteiger partial charge in [0.05, 0.1) is 0 Å². The van der Waals surface area contributed by atoms with E-state index in [1.807, 2.05) is 0 Å². The number of hydrogen-bond donors (Lipinski definition) is 1. The van der Waals surface area contributed by atoms with Crippen LogP contribution in [0, 0.1) is 5.92 Å². The Labute approximate surface area is 55.6 Å². The fourth-order valence-corrected chi connectivity index (χ4v) is 1.27. The van der Waals surface area contributed by atoms with E-state index in [1.165, 1.54) is 0 Å². The van der Waals surface area contributed by atoms with Crippen molar-refractivity contribution in [1.29, 1.82) is 0 Å². The number of piperidine rings is 1. The number of rotatable bonds is 1. The third-order valence-corrected chi connectivity index (χ3v) is 1.98. The summed E-state index contributed by atoms with van der Waals surface area (Å²) in [6.07, 6.45) is 1.57. The Morgan fingerprint density at radius 1 is 1.67 bits per heavy atom. The van der Waals surface area contributed by atoms with E-state index in [0.29, 0.717) is 0 Å². The number of alkyl halides is 1. The van der Waals surface area contributed by atoms with Gasteiger partial charge in [-0.15, -0.1) is 0 Å². The second kappa shape index (κ2) is 3.16. The molecular formula is C7H14FN. The molecule has 9 heavy (non-hydrogen) atoms. The summed E-state index contributed by atoms with van der Waals surface area (Å²) in [5.74, 6) is 0.277. The maximum Gasteiger partial charge on any atom is 0.101 e. The molecule has 1 N–H and O–H groups in total. The van der Waals surface area contributed by atoms with Gasteiger partial charge in [-0.3, -0.25) is 0 Å². The average molecular weight is 131 g/mol. The second-order valence-electron chi connectivity index (χ2n) is 2.78. The van der Waals surface area contributed by atoms with Crippen LogP contribution in [0.3, 0.4) is 0 Å².